The summed E-state index contributed by atoms with van der Waals surface area (Å²) in [5.41, 5.74) is 8.30. The van der Waals surface area contributed by atoms with E-state index in [-0.39, 0.29) is 17.9 Å². The summed E-state index contributed by atoms with van der Waals surface area (Å²) < 4.78 is 10.6. The third-order valence-corrected chi connectivity index (χ3v) is 12.4. The molecule has 3 amide bonds. The van der Waals surface area contributed by atoms with Crippen LogP contribution in [0.1, 0.15) is 99.1 Å². The first-order valence-electron chi connectivity index (χ1n) is 22.0. The SMILES string of the molecule is COC(=O)N[C@H]1CCCCCOCC[C@@H](c2ncc(-c3ccc(-c4ccc(-c5cnc([C@@H]6CCCN6C(=O)Cc6ccccc6CN6CCCCC6)[nH]5)cc4)cc3)[nH]2)NC1=O. The van der Waals surface area contributed by atoms with Gasteiger partial charge in [-0.25, -0.2) is 14.8 Å². The number of methoxy groups -OCH3 is 1. The van der Waals surface area contributed by atoms with Gasteiger partial charge in [0.25, 0.3) is 0 Å². The van der Waals surface area contributed by atoms with Crippen molar-refractivity contribution in [2.45, 2.75) is 95.3 Å². The fraction of sp³-hybridized carbons (Fsp3) is 0.438. The molecule has 0 unspecified atom stereocenters. The Morgan fingerprint density at radius 1 is 0.721 bits per heavy atom. The normalized spacial score (nSPS) is 20.6. The van der Waals surface area contributed by atoms with Crippen LogP contribution in [0.25, 0.3) is 33.6 Å². The number of carbonyl (C=O) groups is 3. The van der Waals surface area contributed by atoms with Gasteiger partial charge in [0.2, 0.25) is 11.8 Å². The molecular formula is C48H58N8O5. The van der Waals surface area contributed by atoms with E-state index >= 15 is 0 Å². The predicted molar refractivity (Wildman–Crippen MR) is 234 cm³/mol. The maximum Gasteiger partial charge on any atom is 0.407 e. The molecule has 4 N–H and O–H groups in total. The topological polar surface area (TPSA) is 158 Å². The molecule has 3 atom stereocenters. The first kappa shape index (κ1) is 41.9. The van der Waals surface area contributed by atoms with Gasteiger partial charge in [-0.15, -0.1) is 0 Å². The molecule has 3 aromatic carbocycles. The Balaban J connectivity index is 0.893. The number of nitrogens with one attached hydrogen (secondary N) is 4. The number of aromatic amines is 2. The Hall–Kier alpha value is -5.79. The van der Waals surface area contributed by atoms with Crippen molar-refractivity contribution in [3.05, 3.63) is 108 Å². The molecule has 3 fully saturated rings. The van der Waals surface area contributed by atoms with Crippen LogP contribution >= 0.6 is 0 Å². The second kappa shape index (κ2) is 20.2. The number of piperidine rings is 1. The van der Waals surface area contributed by atoms with E-state index in [4.69, 9.17) is 14.5 Å². The molecule has 3 aliphatic rings. The minimum atomic E-state index is -0.698. The number of hydrogen-bond donors (Lipinski definition) is 4. The first-order chi connectivity index (χ1) is 29.9. The Morgan fingerprint density at radius 3 is 2.07 bits per heavy atom. The van der Waals surface area contributed by atoms with Crippen LogP contribution < -0.4 is 10.6 Å². The van der Waals surface area contributed by atoms with Gasteiger partial charge in [0, 0.05) is 26.3 Å². The lowest BCUT2D eigenvalue weighted by molar-refractivity contribution is -0.131. The second-order valence-corrected chi connectivity index (χ2v) is 16.5. The van der Waals surface area contributed by atoms with E-state index in [0.717, 1.165) is 103 Å². The van der Waals surface area contributed by atoms with Crippen molar-refractivity contribution in [1.29, 1.82) is 0 Å². The van der Waals surface area contributed by atoms with Crippen LogP contribution in [0.5, 0.6) is 0 Å². The van der Waals surface area contributed by atoms with Crippen LogP contribution in [0.15, 0.2) is 85.2 Å². The molecule has 0 saturated carbocycles. The van der Waals surface area contributed by atoms with Gasteiger partial charge in [0.05, 0.1) is 49.4 Å². The Bertz CT molecular complexity index is 2230. The smallest absolute Gasteiger partial charge is 0.407 e. The van der Waals surface area contributed by atoms with Gasteiger partial charge in [0.15, 0.2) is 0 Å². The zero-order valence-corrected chi connectivity index (χ0v) is 35.2. The molecule has 0 bridgehead atoms. The van der Waals surface area contributed by atoms with Crippen LogP contribution in [0.4, 0.5) is 4.79 Å². The Morgan fingerprint density at radius 2 is 1.36 bits per heavy atom. The molecule has 13 heteroatoms. The third-order valence-electron chi connectivity index (χ3n) is 12.4. The van der Waals surface area contributed by atoms with Gasteiger partial charge in [-0.2, -0.15) is 0 Å². The number of likely N-dealkylation sites (tertiary alicyclic amines) is 2. The summed E-state index contributed by atoms with van der Waals surface area (Å²) in [6.45, 7) is 5.04. The Kier molecular flexibility index (Phi) is 13.9. The van der Waals surface area contributed by atoms with E-state index in [9.17, 15) is 14.4 Å². The average Bonchev–Trinajstić information content (AvgIpc) is 4.09. The number of aromatic nitrogens is 4. The number of carbonyl (C=O) groups excluding carboxylic acids is 3. The summed E-state index contributed by atoms with van der Waals surface area (Å²) in [7, 11) is 1.29. The quantitative estimate of drug-likeness (QED) is 0.111. The van der Waals surface area contributed by atoms with Gasteiger partial charge < -0.3 is 35.0 Å². The number of hydrogen-bond acceptors (Lipinski definition) is 8. The van der Waals surface area contributed by atoms with Gasteiger partial charge in [0.1, 0.15) is 17.7 Å². The van der Waals surface area contributed by atoms with Crippen molar-refractivity contribution >= 4 is 17.9 Å². The highest BCUT2D eigenvalue weighted by Crippen LogP contribution is 2.33. The van der Waals surface area contributed by atoms with Gasteiger partial charge in [-0.05, 0) is 91.4 Å². The highest BCUT2D eigenvalue weighted by atomic mass is 16.5. The van der Waals surface area contributed by atoms with Gasteiger partial charge in [-0.3, -0.25) is 14.5 Å². The molecular weight excluding hydrogens is 769 g/mol. The zero-order chi connectivity index (χ0) is 42.0. The second-order valence-electron chi connectivity index (χ2n) is 16.5. The van der Waals surface area contributed by atoms with Crippen LogP contribution in [0.2, 0.25) is 0 Å². The van der Waals surface area contributed by atoms with Crippen LogP contribution in [-0.2, 0) is 32.0 Å². The standard InChI is InChI=1S/C48H58N8O5/c1-60-48(59)54-40-13-4-2-9-27-61-28-23-39(53-47(40)58)45-49-30-41(51-45)35-19-15-33(16-20-35)34-17-21-36(22-18-34)42-31-50-46(52-42)43-14-10-26-56(43)44(57)29-37-11-5-6-12-38(37)32-55-24-7-3-8-25-55/h5-6,11-12,15-22,30-31,39-40,43H,2-4,7-10,13-14,23-29,32H2,1H3,(H,49,51)(H,50,52)(H,53,58)(H,54,59)/t39-,40-,43-/m0/s1. The summed E-state index contributed by atoms with van der Waals surface area (Å²) >= 11 is 0. The van der Waals surface area contributed by atoms with Crippen LogP contribution in [0.3, 0.4) is 0 Å². The van der Waals surface area contributed by atoms with Crippen molar-refractivity contribution in [2.75, 3.05) is 40.0 Å². The molecule has 0 spiro atoms. The summed E-state index contributed by atoms with van der Waals surface area (Å²) in [6.07, 6.45) is 12.7. The predicted octanol–water partition coefficient (Wildman–Crippen LogP) is 7.89. The largest absolute Gasteiger partial charge is 0.453 e. The molecule has 13 nitrogen and oxygen atoms in total. The molecule has 0 radical (unpaired) electrons. The number of amides is 3. The van der Waals surface area contributed by atoms with E-state index in [1.165, 1.54) is 31.9 Å². The van der Waals surface area contributed by atoms with Gasteiger partial charge in [-0.1, -0.05) is 92.1 Å². The average molecular weight is 827 g/mol. The number of ether oxygens (including phenoxy) is 2. The van der Waals surface area contributed by atoms with E-state index in [1.54, 1.807) is 6.20 Å². The minimum Gasteiger partial charge on any atom is -0.453 e. The molecule has 320 valence electrons. The number of alkyl carbamates (subject to hydrolysis) is 1. The molecule has 61 heavy (non-hydrogen) atoms. The molecule has 3 aliphatic heterocycles. The van der Waals surface area contributed by atoms with Crippen LogP contribution in [-0.4, -0.2) is 93.6 Å². The molecule has 2 aromatic heterocycles. The van der Waals surface area contributed by atoms with Crippen molar-refractivity contribution in [2.24, 2.45) is 0 Å². The van der Waals surface area contributed by atoms with Crippen molar-refractivity contribution in [3.63, 3.8) is 0 Å². The summed E-state index contributed by atoms with van der Waals surface area (Å²) in [5, 5.41) is 5.76. The molecule has 8 rings (SSSR count). The number of H-pyrrole nitrogens is 2. The van der Waals surface area contributed by atoms with Crippen molar-refractivity contribution in [1.82, 2.24) is 40.4 Å². The molecule has 3 saturated heterocycles. The van der Waals surface area contributed by atoms with E-state index in [2.05, 4.69) is 97.2 Å². The fourth-order valence-electron chi connectivity index (χ4n) is 8.91. The van der Waals surface area contributed by atoms with Crippen LogP contribution in [0, 0.1) is 0 Å². The number of nitrogens with zero attached hydrogens (tertiary/aromatic N) is 4. The maximum atomic E-state index is 13.8. The summed E-state index contributed by atoms with van der Waals surface area (Å²) in [4.78, 5) is 60.1. The van der Waals surface area contributed by atoms with Crippen molar-refractivity contribution in [3.8, 4) is 33.6 Å². The van der Waals surface area contributed by atoms with Crippen molar-refractivity contribution < 1.29 is 23.9 Å². The van der Waals surface area contributed by atoms with E-state index in [0.29, 0.717) is 38.3 Å². The number of benzene rings is 3. The fourth-order valence-corrected chi connectivity index (χ4v) is 8.91. The monoisotopic (exact) mass is 826 g/mol. The lowest BCUT2D eigenvalue weighted by Crippen LogP contribution is -2.48. The summed E-state index contributed by atoms with van der Waals surface area (Å²) in [6, 6.07) is 24.0. The molecule has 5 heterocycles. The van der Waals surface area contributed by atoms with Gasteiger partial charge >= 0.3 is 6.09 Å². The summed E-state index contributed by atoms with van der Waals surface area (Å²) in [5.74, 6) is 1.35. The molecule has 0 aliphatic carbocycles. The first-order valence-corrected chi connectivity index (χ1v) is 22.0. The third kappa shape index (κ3) is 10.6. The maximum absolute atomic E-state index is 13.8. The lowest BCUT2D eigenvalue weighted by Gasteiger charge is -2.28. The minimum absolute atomic E-state index is 0.0604. The van der Waals surface area contributed by atoms with E-state index in [1.807, 2.05) is 17.2 Å². The molecule has 5 aromatic rings. The Labute approximate surface area is 358 Å². The number of rotatable bonds is 10. The zero-order valence-electron chi connectivity index (χ0n) is 35.2. The van der Waals surface area contributed by atoms with E-state index < -0.39 is 18.2 Å². The highest BCUT2D eigenvalue weighted by molar-refractivity contribution is 5.86. The lowest BCUT2D eigenvalue weighted by atomic mass is 10.0. The number of imidazole rings is 2. The highest BCUT2D eigenvalue weighted by Gasteiger charge is 2.32.